The third-order valence-electron chi connectivity index (χ3n) is 5.33. The molecule has 1 heteroatoms. The number of benzene rings is 1. The third-order valence-corrected chi connectivity index (χ3v) is 5.33. The van der Waals surface area contributed by atoms with Gasteiger partial charge in [0.25, 0.3) is 0 Å². The van der Waals surface area contributed by atoms with E-state index in [1.54, 1.807) is 0 Å². The van der Waals surface area contributed by atoms with Crippen LogP contribution in [0.2, 0.25) is 0 Å². The molecule has 1 aromatic rings. The van der Waals surface area contributed by atoms with E-state index in [4.69, 9.17) is 0 Å². The molecule has 144 valence electrons. The zero-order valence-corrected chi connectivity index (χ0v) is 17.0. The Morgan fingerprint density at radius 3 is 1.68 bits per heavy atom. The molecule has 0 aromatic heterocycles. The average molecular weight is 347 g/mol. The zero-order valence-electron chi connectivity index (χ0n) is 17.0. The predicted molar refractivity (Wildman–Crippen MR) is 112 cm³/mol. The summed E-state index contributed by atoms with van der Waals surface area (Å²) in [4.78, 5) is 0. The Morgan fingerprint density at radius 2 is 1.08 bits per heavy atom. The van der Waals surface area contributed by atoms with Crippen molar-refractivity contribution in [3.8, 4) is 5.75 Å². The second-order valence-corrected chi connectivity index (χ2v) is 7.66. The molecule has 0 amide bonds. The maximum absolute atomic E-state index is 10.2. The number of hydrogen-bond donors (Lipinski definition) is 1. The van der Waals surface area contributed by atoms with Crippen molar-refractivity contribution in [2.75, 3.05) is 0 Å². The molecule has 0 spiro atoms. The van der Waals surface area contributed by atoms with Crippen molar-refractivity contribution in [1.29, 1.82) is 0 Å². The lowest BCUT2D eigenvalue weighted by Crippen LogP contribution is -1.96. The minimum absolute atomic E-state index is 0.515. The highest BCUT2D eigenvalue weighted by Gasteiger charge is 2.07. The molecule has 1 rings (SSSR count). The summed E-state index contributed by atoms with van der Waals surface area (Å²) in [6.45, 7) is 4.53. The highest BCUT2D eigenvalue weighted by atomic mass is 16.3. The Labute approximate surface area is 157 Å². The van der Waals surface area contributed by atoms with Gasteiger partial charge in [0.05, 0.1) is 0 Å². The maximum Gasteiger partial charge on any atom is 0.119 e. The van der Waals surface area contributed by atoms with Crippen molar-refractivity contribution in [3.63, 3.8) is 0 Å². The number of rotatable bonds is 16. The van der Waals surface area contributed by atoms with Crippen molar-refractivity contribution < 1.29 is 5.11 Å². The summed E-state index contributed by atoms with van der Waals surface area (Å²) < 4.78 is 0. The summed E-state index contributed by atoms with van der Waals surface area (Å²) >= 11 is 0. The highest BCUT2D eigenvalue weighted by Crippen LogP contribution is 2.25. The summed E-state index contributed by atoms with van der Waals surface area (Å²) in [5.74, 6) is 0.515. The lowest BCUT2D eigenvalue weighted by Gasteiger charge is -2.11. The Balaban J connectivity index is 2.18. The molecule has 0 heterocycles. The summed E-state index contributed by atoms with van der Waals surface area (Å²) in [6.07, 6.45) is 21.1. The van der Waals surface area contributed by atoms with Crippen LogP contribution >= 0.6 is 0 Å². The molecule has 1 nitrogen and oxygen atoms in total. The minimum atomic E-state index is 0.515. The fraction of sp³-hybridized carbons (Fsp3) is 0.750. The minimum Gasteiger partial charge on any atom is -0.508 e. The van der Waals surface area contributed by atoms with Crippen LogP contribution in [0, 0.1) is 0 Å². The van der Waals surface area contributed by atoms with Gasteiger partial charge in [-0.05, 0) is 42.9 Å². The van der Waals surface area contributed by atoms with Gasteiger partial charge in [-0.3, -0.25) is 0 Å². The number of unbranched alkanes of at least 4 members (excludes halogenated alkanes) is 12. The summed E-state index contributed by atoms with van der Waals surface area (Å²) in [6, 6.07) is 6.09. The van der Waals surface area contributed by atoms with E-state index >= 15 is 0 Å². The van der Waals surface area contributed by atoms with Crippen molar-refractivity contribution in [3.05, 3.63) is 29.3 Å². The van der Waals surface area contributed by atoms with E-state index in [-0.39, 0.29) is 0 Å². The Bertz CT molecular complexity index is 424. The SMILES string of the molecule is CCCCCCCCCCCCc1cccc(O)c1CCCCCC. The monoisotopic (exact) mass is 346 g/mol. The van der Waals surface area contributed by atoms with Gasteiger partial charge in [0.2, 0.25) is 0 Å². The molecule has 0 fully saturated rings. The molecule has 0 saturated carbocycles. The second-order valence-electron chi connectivity index (χ2n) is 7.66. The molecular weight excluding hydrogens is 304 g/mol. The molecule has 0 radical (unpaired) electrons. The van der Waals surface area contributed by atoms with Crippen LogP contribution in [0.25, 0.3) is 0 Å². The first-order chi connectivity index (χ1) is 12.3. The van der Waals surface area contributed by atoms with Gasteiger partial charge in [-0.1, -0.05) is 103 Å². The molecule has 1 N–H and O–H groups in total. The van der Waals surface area contributed by atoms with Crippen molar-refractivity contribution in [2.24, 2.45) is 0 Å². The van der Waals surface area contributed by atoms with Crippen LogP contribution in [0.1, 0.15) is 115 Å². The van der Waals surface area contributed by atoms with Crippen LogP contribution < -0.4 is 0 Å². The van der Waals surface area contributed by atoms with E-state index in [0.717, 1.165) is 12.8 Å². The zero-order chi connectivity index (χ0) is 18.2. The number of aromatic hydroxyl groups is 1. The van der Waals surface area contributed by atoms with E-state index < -0.39 is 0 Å². The van der Waals surface area contributed by atoms with Gasteiger partial charge in [-0.15, -0.1) is 0 Å². The van der Waals surface area contributed by atoms with Gasteiger partial charge in [-0.2, -0.15) is 0 Å². The lowest BCUT2D eigenvalue weighted by molar-refractivity contribution is 0.464. The summed E-state index contributed by atoms with van der Waals surface area (Å²) in [7, 11) is 0. The van der Waals surface area contributed by atoms with Crippen molar-refractivity contribution in [2.45, 2.75) is 117 Å². The fourth-order valence-corrected chi connectivity index (χ4v) is 3.68. The van der Waals surface area contributed by atoms with E-state index in [2.05, 4.69) is 19.9 Å². The Kier molecular flexibility index (Phi) is 13.5. The van der Waals surface area contributed by atoms with E-state index in [9.17, 15) is 5.11 Å². The predicted octanol–water partition coefficient (Wildman–Crippen LogP) is 7.98. The first-order valence-electron chi connectivity index (χ1n) is 11.1. The van der Waals surface area contributed by atoms with Crippen LogP contribution in [0.4, 0.5) is 0 Å². The largest absolute Gasteiger partial charge is 0.508 e. The second kappa shape index (κ2) is 15.3. The van der Waals surface area contributed by atoms with Crippen LogP contribution in [-0.2, 0) is 12.8 Å². The molecule has 0 saturated heterocycles. The third kappa shape index (κ3) is 10.6. The molecule has 0 bridgehead atoms. The Morgan fingerprint density at radius 1 is 0.600 bits per heavy atom. The maximum atomic E-state index is 10.2. The number of phenolic OH excluding ortho intramolecular Hbond substituents is 1. The smallest absolute Gasteiger partial charge is 0.119 e. The van der Waals surface area contributed by atoms with Gasteiger partial charge in [0.15, 0.2) is 0 Å². The molecule has 1 aromatic carbocycles. The van der Waals surface area contributed by atoms with Gasteiger partial charge >= 0.3 is 0 Å². The quantitative estimate of drug-likeness (QED) is 0.301. The molecule has 0 unspecified atom stereocenters. The fourth-order valence-electron chi connectivity index (χ4n) is 3.68. The standard InChI is InChI=1S/C24H42O/c1-3-5-7-9-10-11-12-13-14-15-18-22-19-17-21-24(25)23(22)20-16-8-6-4-2/h17,19,21,25H,3-16,18,20H2,1-2H3. The molecular formula is C24H42O. The van der Waals surface area contributed by atoms with Gasteiger partial charge in [-0.25, -0.2) is 0 Å². The number of hydrogen-bond acceptors (Lipinski definition) is 1. The van der Waals surface area contributed by atoms with E-state index in [1.165, 1.54) is 101 Å². The van der Waals surface area contributed by atoms with Crippen LogP contribution in [0.3, 0.4) is 0 Å². The molecule has 0 aliphatic rings. The molecule has 0 atom stereocenters. The van der Waals surface area contributed by atoms with Crippen LogP contribution in [0.15, 0.2) is 18.2 Å². The average Bonchev–Trinajstić information content (AvgIpc) is 2.62. The number of aryl methyl sites for hydroxylation is 1. The topological polar surface area (TPSA) is 20.2 Å². The van der Waals surface area contributed by atoms with Gasteiger partial charge in [0, 0.05) is 0 Å². The molecule has 0 aliphatic heterocycles. The summed E-state index contributed by atoms with van der Waals surface area (Å²) in [5, 5.41) is 10.2. The number of phenols is 1. The van der Waals surface area contributed by atoms with Gasteiger partial charge in [0.1, 0.15) is 5.75 Å². The Hall–Kier alpha value is -0.980. The first kappa shape index (κ1) is 22.1. The van der Waals surface area contributed by atoms with Crippen molar-refractivity contribution in [1.82, 2.24) is 0 Å². The van der Waals surface area contributed by atoms with E-state index in [0.29, 0.717) is 5.75 Å². The van der Waals surface area contributed by atoms with Crippen molar-refractivity contribution >= 4 is 0 Å². The highest BCUT2D eigenvalue weighted by molar-refractivity contribution is 5.39. The van der Waals surface area contributed by atoms with E-state index in [1.807, 2.05) is 12.1 Å². The molecule has 0 aliphatic carbocycles. The van der Waals surface area contributed by atoms with Crippen LogP contribution in [0.5, 0.6) is 5.75 Å². The van der Waals surface area contributed by atoms with Crippen LogP contribution in [-0.4, -0.2) is 5.11 Å². The van der Waals surface area contributed by atoms with Gasteiger partial charge < -0.3 is 5.11 Å². The normalized spacial score (nSPS) is 11.1. The molecule has 25 heavy (non-hydrogen) atoms. The lowest BCUT2D eigenvalue weighted by atomic mass is 9.95. The summed E-state index contributed by atoms with van der Waals surface area (Å²) in [5.41, 5.74) is 2.60. The first-order valence-corrected chi connectivity index (χ1v) is 11.1.